The van der Waals surface area contributed by atoms with Gasteiger partial charge in [-0.1, -0.05) is 36.4 Å². The van der Waals surface area contributed by atoms with Crippen molar-refractivity contribution in [1.82, 2.24) is 0 Å². The minimum Gasteiger partial charge on any atom is -0.467 e. The number of benzene rings is 2. The van der Waals surface area contributed by atoms with Crippen molar-refractivity contribution in [2.75, 3.05) is 13.9 Å². The smallest absolute Gasteiger partial charge is 0.188 e. The lowest BCUT2D eigenvalue weighted by Crippen LogP contribution is -2.02. The molecule has 0 heterocycles. The second kappa shape index (κ2) is 6.64. The Balaban J connectivity index is 2.44. The lowest BCUT2D eigenvalue weighted by Gasteiger charge is -2.15. The summed E-state index contributed by atoms with van der Waals surface area (Å²) in [6.45, 7) is 2.32. The normalized spacial score (nSPS) is 10.5. The zero-order valence-corrected chi connectivity index (χ0v) is 12.1. The van der Waals surface area contributed by atoms with Crippen LogP contribution in [0, 0.1) is 6.92 Å². The first-order valence-corrected chi connectivity index (χ1v) is 6.81. The van der Waals surface area contributed by atoms with E-state index < -0.39 is 0 Å². The highest BCUT2D eigenvalue weighted by Crippen LogP contribution is 2.32. The topological polar surface area (TPSA) is 18.5 Å². The van der Waals surface area contributed by atoms with E-state index in [0.717, 1.165) is 11.3 Å². The highest BCUT2D eigenvalue weighted by Gasteiger charge is 2.11. The van der Waals surface area contributed by atoms with Gasteiger partial charge < -0.3 is 9.47 Å². The van der Waals surface area contributed by atoms with Crippen LogP contribution in [0.25, 0.3) is 11.1 Å². The van der Waals surface area contributed by atoms with Gasteiger partial charge in [0.05, 0.1) is 0 Å². The van der Waals surface area contributed by atoms with Crippen molar-refractivity contribution < 1.29 is 9.47 Å². The fourth-order valence-electron chi connectivity index (χ4n) is 2.11. The molecule has 0 radical (unpaired) electrons. The number of rotatable bonds is 5. The molecular weight excluding hydrogens is 256 g/mol. The van der Waals surface area contributed by atoms with Crippen LogP contribution in [0.3, 0.4) is 0 Å². The minimum atomic E-state index is 0.261. The highest BCUT2D eigenvalue weighted by atomic mass is 32.1. The lowest BCUT2D eigenvalue weighted by molar-refractivity contribution is 0.0506. The van der Waals surface area contributed by atoms with Gasteiger partial charge in [-0.2, -0.15) is 12.6 Å². The van der Waals surface area contributed by atoms with E-state index in [1.165, 1.54) is 16.7 Å². The van der Waals surface area contributed by atoms with E-state index in [1.54, 1.807) is 7.11 Å². The van der Waals surface area contributed by atoms with E-state index in [4.69, 9.17) is 9.47 Å². The third-order valence-electron chi connectivity index (χ3n) is 3.12. The maximum atomic E-state index is 5.56. The van der Waals surface area contributed by atoms with Crippen molar-refractivity contribution in [3.05, 3.63) is 53.6 Å². The van der Waals surface area contributed by atoms with Crippen LogP contribution in [0.4, 0.5) is 0 Å². The van der Waals surface area contributed by atoms with Crippen molar-refractivity contribution >= 4 is 12.6 Å². The summed E-state index contributed by atoms with van der Waals surface area (Å²) in [5.41, 5.74) is 4.72. The molecule has 0 fully saturated rings. The zero-order chi connectivity index (χ0) is 13.7. The molecule has 0 unspecified atom stereocenters. The number of hydrogen-bond donors (Lipinski definition) is 1. The van der Waals surface area contributed by atoms with Gasteiger partial charge in [-0.25, -0.2) is 0 Å². The Kier molecular flexibility index (Phi) is 4.88. The van der Waals surface area contributed by atoms with Gasteiger partial charge in [0, 0.05) is 12.9 Å². The molecule has 2 nitrogen and oxygen atoms in total. The SMILES string of the molecule is COCOc1ccc(-c2ccccc2)c(CS)c1C. The third-order valence-corrected chi connectivity index (χ3v) is 3.44. The molecule has 0 atom stereocenters. The predicted octanol–water partition coefficient (Wildman–Crippen LogP) is 4.07. The number of thiol groups is 1. The van der Waals surface area contributed by atoms with Crippen molar-refractivity contribution in [1.29, 1.82) is 0 Å². The Hall–Kier alpha value is -1.45. The summed E-state index contributed by atoms with van der Waals surface area (Å²) in [6, 6.07) is 14.4. The van der Waals surface area contributed by atoms with Gasteiger partial charge in [0.25, 0.3) is 0 Å². The molecule has 0 spiro atoms. The van der Waals surface area contributed by atoms with Gasteiger partial charge in [-0.3, -0.25) is 0 Å². The summed E-state index contributed by atoms with van der Waals surface area (Å²) in [4.78, 5) is 0. The fraction of sp³-hybridized carbons (Fsp3) is 0.250. The van der Waals surface area contributed by atoms with Crippen LogP contribution in [0.5, 0.6) is 5.75 Å². The molecule has 0 amide bonds. The molecule has 0 saturated carbocycles. The third kappa shape index (κ3) is 3.11. The number of ether oxygens (including phenoxy) is 2. The number of methoxy groups -OCH3 is 1. The van der Waals surface area contributed by atoms with Crippen molar-refractivity contribution in [2.45, 2.75) is 12.7 Å². The predicted molar refractivity (Wildman–Crippen MR) is 81.8 cm³/mol. The van der Waals surface area contributed by atoms with Crippen LogP contribution in [-0.4, -0.2) is 13.9 Å². The summed E-state index contributed by atoms with van der Waals surface area (Å²) in [6.07, 6.45) is 0. The van der Waals surface area contributed by atoms with E-state index >= 15 is 0 Å². The van der Waals surface area contributed by atoms with Gasteiger partial charge in [0.2, 0.25) is 0 Å². The Bertz CT molecular complexity index is 538. The summed E-state index contributed by atoms with van der Waals surface area (Å²) in [5.74, 6) is 1.53. The molecule has 0 saturated heterocycles. The maximum absolute atomic E-state index is 5.56. The lowest BCUT2D eigenvalue weighted by atomic mass is 9.96. The highest BCUT2D eigenvalue weighted by molar-refractivity contribution is 7.79. The summed E-state index contributed by atoms with van der Waals surface area (Å²) in [5, 5.41) is 0. The van der Waals surface area contributed by atoms with Crippen molar-refractivity contribution in [2.24, 2.45) is 0 Å². The van der Waals surface area contributed by atoms with Gasteiger partial charge >= 0.3 is 0 Å². The average Bonchev–Trinajstić information content (AvgIpc) is 2.46. The molecule has 2 rings (SSSR count). The van der Waals surface area contributed by atoms with E-state index in [0.29, 0.717) is 5.75 Å². The largest absolute Gasteiger partial charge is 0.467 e. The zero-order valence-electron chi connectivity index (χ0n) is 11.2. The van der Waals surface area contributed by atoms with E-state index in [9.17, 15) is 0 Å². The first kappa shape index (κ1) is 14.0. The maximum Gasteiger partial charge on any atom is 0.188 e. The average molecular weight is 274 g/mol. The molecule has 0 N–H and O–H groups in total. The van der Waals surface area contributed by atoms with Crippen LogP contribution in [0.2, 0.25) is 0 Å². The monoisotopic (exact) mass is 274 g/mol. The minimum absolute atomic E-state index is 0.261. The second-order valence-electron chi connectivity index (χ2n) is 4.29. The Morgan fingerprint density at radius 3 is 2.42 bits per heavy atom. The molecule has 0 aliphatic rings. The van der Waals surface area contributed by atoms with E-state index in [2.05, 4.69) is 37.8 Å². The fourth-order valence-corrected chi connectivity index (χ4v) is 2.51. The van der Waals surface area contributed by atoms with Crippen LogP contribution < -0.4 is 4.74 Å². The molecular formula is C16H18O2S. The summed E-state index contributed by atoms with van der Waals surface area (Å²) in [7, 11) is 1.62. The quantitative estimate of drug-likeness (QED) is 0.654. The van der Waals surface area contributed by atoms with Gasteiger partial charge in [0.15, 0.2) is 6.79 Å². The first-order valence-electron chi connectivity index (χ1n) is 6.18. The number of hydrogen-bond acceptors (Lipinski definition) is 3. The molecule has 0 aromatic heterocycles. The van der Waals surface area contributed by atoms with E-state index in [-0.39, 0.29) is 6.79 Å². The van der Waals surface area contributed by atoms with Crippen LogP contribution in [0.15, 0.2) is 42.5 Å². The molecule has 3 heteroatoms. The molecule has 2 aromatic rings. The van der Waals surface area contributed by atoms with Gasteiger partial charge in [0.1, 0.15) is 5.75 Å². The Morgan fingerprint density at radius 1 is 1.05 bits per heavy atom. The molecule has 0 aliphatic heterocycles. The second-order valence-corrected chi connectivity index (χ2v) is 4.61. The van der Waals surface area contributed by atoms with Gasteiger partial charge in [-0.15, -0.1) is 0 Å². The molecule has 100 valence electrons. The van der Waals surface area contributed by atoms with Gasteiger partial charge in [-0.05, 0) is 35.2 Å². The molecule has 2 aromatic carbocycles. The van der Waals surface area contributed by atoms with Crippen LogP contribution in [-0.2, 0) is 10.5 Å². The molecule has 19 heavy (non-hydrogen) atoms. The molecule has 0 bridgehead atoms. The Morgan fingerprint density at radius 2 is 1.79 bits per heavy atom. The van der Waals surface area contributed by atoms with Crippen molar-refractivity contribution in [3.8, 4) is 16.9 Å². The molecule has 0 aliphatic carbocycles. The Labute approximate surface area is 119 Å². The van der Waals surface area contributed by atoms with Crippen molar-refractivity contribution in [3.63, 3.8) is 0 Å². The summed E-state index contributed by atoms with van der Waals surface area (Å²) < 4.78 is 10.5. The first-order chi connectivity index (χ1) is 9.27. The van der Waals surface area contributed by atoms with Crippen LogP contribution >= 0.6 is 12.6 Å². The standard InChI is InChI=1S/C16H18O2S/c1-12-15(10-19)14(13-6-4-3-5-7-13)8-9-16(12)18-11-17-2/h3-9,19H,10-11H2,1-2H3. The van der Waals surface area contributed by atoms with Crippen LogP contribution in [0.1, 0.15) is 11.1 Å². The summed E-state index contributed by atoms with van der Waals surface area (Å²) >= 11 is 4.45. The van der Waals surface area contributed by atoms with E-state index in [1.807, 2.05) is 24.3 Å².